The molecule has 1 aliphatic carbocycles. The minimum Gasteiger partial charge on any atom is -0.333 e. The van der Waals surface area contributed by atoms with Crippen molar-refractivity contribution in [1.82, 2.24) is 30.6 Å². The summed E-state index contributed by atoms with van der Waals surface area (Å²) in [6, 6.07) is 9.20. The van der Waals surface area contributed by atoms with Crippen LogP contribution in [0.1, 0.15) is 5.56 Å². The van der Waals surface area contributed by atoms with Crippen LogP contribution in [-0.2, 0) is 16.1 Å². The molecule has 2 saturated heterocycles. The van der Waals surface area contributed by atoms with Crippen LogP contribution in [0.4, 0.5) is 4.79 Å². The Morgan fingerprint density at radius 1 is 1.19 bits per heavy atom. The molecular weight excluding hydrogens is 460 g/mol. The molecule has 36 heavy (non-hydrogen) atoms. The largest absolute Gasteiger partial charge is 0.334 e. The van der Waals surface area contributed by atoms with Crippen molar-refractivity contribution in [2.45, 2.75) is 12.7 Å². The van der Waals surface area contributed by atoms with E-state index < -0.39 is 6.17 Å². The van der Waals surface area contributed by atoms with Gasteiger partial charge in [-0.3, -0.25) is 15.0 Å². The number of nitrogens with one attached hydrogen (secondary N) is 3. The minimum atomic E-state index is -0.656. The number of carbonyl (C=O) groups is 3. The predicted octanol–water partition coefficient (Wildman–Crippen LogP) is 0.703. The second-order valence-corrected chi connectivity index (χ2v) is 8.59. The summed E-state index contributed by atoms with van der Waals surface area (Å²) >= 11 is 0. The van der Waals surface area contributed by atoms with Crippen LogP contribution in [0.25, 0.3) is 0 Å². The molecule has 3 aliphatic rings. The molecule has 2 heterocycles. The fraction of sp³-hybridized carbons (Fsp3) is 0.320. The number of hydrogen-bond acceptors (Lipinski definition) is 7. The van der Waals surface area contributed by atoms with E-state index in [4.69, 9.17) is 5.41 Å². The molecule has 0 radical (unpaired) electrons. The highest BCUT2D eigenvalue weighted by atomic mass is 16.2. The van der Waals surface area contributed by atoms with Crippen LogP contribution < -0.4 is 10.7 Å². The van der Waals surface area contributed by atoms with Crippen LogP contribution in [-0.4, -0.2) is 95.0 Å². The van der Waals surface area contributed by atoms with Gasteiger partial charge in [-0.05, 0) is 23.3 Å². The maximum atomic E-state index is 13.4. The number of hydrazine groups is 1. The average molecular weight is 491 g/mol. The highest BCUT2D eigenvalue weighted by Crippen LogP contribution is 2.24. The van der Waals surface area contributed by atoms with Crippen LogP contribution in [0.2, 0.25) is 0 Å². The van der Waals surface area contributed by atoms with Gasteiger partial charge in [0.1, 0.15) is 18.4 Å². The van der Waals surface area contributed by atoms with E-state index in [1.54, 1.807) is 41.3 Å². The Morgan fingerprint density at radius 3 is 2.69 bits per heavy atom. The Bertz CT molecular complexity index is 1140. The summed E-state index contributed by atoms with van der Waals surface area (Å²) in [5, 5.41) is 18.2. The van der Waals surface area contributed by atoms with Gasteiger partial charge in [0.05, 0.1) is 18.8 Å². The normalized spacial score (nSPS) is 21.4. The lowest BCUT2D eigenvalue weighted by Crippen LogP contribution is -2.74. The van der Waals surface area contributed by atoms with E-state index in [2.05, 4.69) is 22.4 Å². The highest BCUT2D eigenvalue weighted by molar-refractivity contribution is 6.50. The average Bonchev–Trinajstić information content (AvgIpc) is 2.87. The number of piperazine rings is 1. The van der Waals surface area contributed by atoms with Crippen molar-refractivity contribution in [3.8, 4) is 0 Å². The quantitative estimate of drug-likeness (QED) is 0.295. The molecule has 0 saturated carbocycles. The fourth-order valence-corrected chi connectivity index (χ4v) is 4.41. The number of urea groups is 1. The van der Waals surface area contributed by atoms with Crippen LogP contribution in [0.5, 0.6) is 0 Å². The number of nitrogens with zero attached hydrogens (tertiary/aromatic N) is 5. The lowest BCUT2D eigenvalue weighted by Gasteiger charge is -2.52. The second-order valence-electron chi connectivity index (χ2n) is 8.59. The number of fused-ring (bicyclic) bond motifs is 1. The molecule has 0 unspecified atom stereocenters. The maximum absolute atomic E-state index is 13.4. The lowest BCUT2D eigenvalue weighted by molar-refractivity contribution is -0.179. The zero-order valence-electron chi connectivity index (χ0n) is 20.2. The van der Waals surface area contributed by atoms with Crippen LogP contribution >= 0.6 is 0 Å². The Hall–Kier alpha value is -4.25. The summed E-state index contributed by atoms with van der Waals surface area (Å²) in [5.41, 5.74) is 5.16. The van der Waals surface area contributed by atoms with Gasteiger partial charge in [-0.2, -0.15) is 5.10 Å². The summed E-state index contributed by atoms with van der Waals surface area (Å²) in [6.07, 6.45) is 6.14. The predicted molar refractivity (Wildman–Crippen MR) is 136 cm³/mol. The summed E-state index contributed by atoms with van der Waals surface area (Å²) < 4.78 is 0. The van der Waals surface area contributed by atoms with Crippen LogP contribution in [0.15, 0.2) is 71.9 Å². The van der Waals surface area contributed by atoms with E-state index in [0.717, 1.165) is 11.1 Å². The van der Waals surface area contributed by atoms with Crippen molar-refractivity contribution >= 4 is 29.3 Å². The molecule has 0 aromatic heterocycles. The van der Waals surface area contributed by atoms with Gasteiger partial charge in [-0.15, -0.1) is 6.58 Å². The van der Waals surface area contributed by atoms with E-state index in [0.29, 0.717) is 18.8 Å². The monoisotopic (exact) mass is 490 g/mol. The number of allylic oxidation sites excluding steroid dienone is 2. The first-order valence-corrected chi connectivity index (χ1v) is 11.7. The molecule has 0 bridgehead atoms. The van der Waals surface area contributed by atoms with Gasteiger partial charge >= 0.3 is 6.03 Å². The molecule has 1 aromatic carbocycles. The molecule has 2 fully saturated rings. The standard InChI is InChI=1S/C25H30N8O3/c1-3-11-31-16-24(35)32-17-23(34)30(14-19-9-10-20(26)21(12-19)29-27-2)15-22(32)33(31)25(36)28-13-18-7-5-4-6-8-18/h3-10,12,22,26-27H,1,11,13-17H2,2H3,(H,28,36)/b26-20?,29-21-/t22-/m0/s1. The van der Waals surface area contributed by atoms with E-state index in [-0.39, 0.29) is 49.7 Å². The lowest BCUT2D eigenvalue weighted by atomic mass is 10.0. The first-order chi connectivity index (χ1) is 17.4. The van der Waals surface area contributed by atoms with Crippen molar-refractivity contribution < 1.29 is 14.4 Å². The van der Waals surface area contributed by atoms with Gasteiger partial charge in [0.25, 0.3) is 0 Å². The summed E-state index contributed by atoms with van der Waals surface area (Å²) in [5.74, 6) is -0.418. The molecule has 188 valence electrons. The Kier molecular flexibility index (Phi) is 7.59. The molecule has 3 N–H and O–H groups in total. The van der Waals surface area contributed by atoms with Crippen molar-refractivity contribution in [3.05, 3.63) is 72.4 Å². The van der Waals surface area contributed by atoms with Gasteiger partial charge < -0.3 is 20.5 Å². The van der Waals surface area contributed by atoms with Crippen molar-refractivity contribution in [3.63, 3.8) is 0 Å². The summed E-state index contributed by atoms with van der Waals surface area (Å²) in [6.45, 7) is 4.69. The maximum Gasteiger partial charge on any atom is 0.334 e. The summed E-state index contributed by atoms with van der Waals surface area (Å²) in [4.78, 5) is 42.4. The third kappa shape index (κ3) is 5.36. The SMILES string of the molecule is C=CCN1CC(=O)N2CC(=O)N(CC3=C/C(=N/NC)C(=N)C=C3)C[C@@H]2N1C(=O)NCc1ccccc1. The molecule has 2 aliphatic heterocycles. The number of hydrazone groups is 1. The second kappa shape index (κ2) is 11.0. The Labute approximate surface area is 209 Å². The van der Waals surface area contributed by atoms with E-state index >= 15 is 0 Å². The molecule has 4 rings (SSSR count). The smallest absolute Gasteiger partial charge is 0.333 e. The van der Waals surface area contributed by atoms with E-state index in [1.165, 1.54) is 9.91 Å². The van der Waals surface area contributed by atoms with E-state index in [9.17, 15) is 14.4 Å². The molecule has 1 aromatic rings. The third-order valence-electron chi connectivity index (χ3n) is 6.13. The van der Waals surface area contributed by atoms with Gasteiger partial charge in [-0.1, -0.05) is 42.5 Å². The minimum absolute atomic E-state index is 0.0194. The molecule has 1 atom stereocenters. The number of benzene rings is 1. The van der Waals surface area contributed by atoms with Crippen molar-refractivity contribution in [1.29, 1.82) is 5.41 Å². The van der Waals surface area contributed by atoms with E-state index in [1.807, 2.05) is 30.3 Å². The molecule has 0 spiro atoms. The topological polar surface area (TPSA) is 124 Å². The molecule has 11 nitrogen and oxygen atoms in total. The van der Waals surface area contributed by atoms with Crippen LogP contribution in [0, 0.1) is 5.41 Å². The number of carbonyl (C=O) groups excluding carboxylic acids is 3. The number of amides is 4. The Balaban J connectivity index is 1.55. The first-order valence-electron chi connectivity index (χ1n) is 11.7. The molecule has 11 heteroatoms. The summed E-state index contributed by atoms with van der Waals surface area (Å²) in [7, 11) is 1.65. The highest BCUT2D eigenvalue weighted by Gasteiger charge is 2.46. The Morgan fingerprint density at radius 2 is 1.97 bits per heavy atom. The first kappa shape index (κ1) is 24.9. The van der Waals surface area contributed by atoms with Gasteiger partial charge in [0, 0.05) is 26.7 Å². The fourth-order valence-electron chi connectivity index (χ4n) is 4.41. The number of hydrogen-bond donors (Lipinski definition) is 3. The van der Waals surface area contributed by atoms with Gasteiger partial charge in [-0.25, -0.2) is 14.8 Å². The van der Waals surface area contributed by atoms with Crippen LogP contribution in [0.3, 0.4) is 0 Å². The van der Waals surface area contributed by atoms with Gasteiger partial charge in [0.15, 0.2) is 0 Å². The van der Waals surface area contributed by atoms with Gasteiger partial charge in [0.2, 0.25) is 11.8 Å². The zero-order chi connectivity index (χ0) is 25.7. The zero-order valence-corrected chi connectivity index (χ0v) is 20.2. The molecular formula is C25H30N8O3. The molecule has 4 amide bonds. The third-order valence-corrected chi connectivity index (χ3v) is 6.13. The number of rotatable bonds is 7. The van der Waals surface area contributed by atoms with Crippen molar-refractivity contribution in [2.24, 2.45) is 5.10 Å². The van der Waals surface area contributed by atoms with Crippen molar-refractivity contribution in [2.75, 3.05) is 39.8 Å².